The van der Waals surface area contributed by atoms with Crippen LogP contribution in [-0.4, -0.2) is 49.7 Å². The molecule has 0 saturated heterocycles. The fourth-order valence-electron chi connectivity index (χ4n) is 2.35. The van der Waals surface area contributed by atoms with Gasteiger partial charge in [0.05, 0.1) is 5.02 Å². The van der Waals surface area contributed by atoms with E-state index in [9.17, 15) is 0 Å². The van der Waals surface area contributed by atoms with Crippen molar-refractivity contribution in [3.8, 4) is 0 Å². The minimum atomic E-state index is 0.413. The van der Waals surface area contributed by atoms with Gasteiger partial charge in [0.15, 0.2) is 0 Å². The monoisotopic (exact) mass is 298 g/mol. The number of likely N-dealkylation sites (N-methyl/N-ethyl adjacent to an activating group) is 2. The van der Waals surface area contributed by atoms with Crippen molar-refractivity contribution in [3.63, 3.8) is 0 Å². The van der Waals surface area contributed by atoms with E-state index in [1.165, 1.54) is 0 Å². The second-order valence-corrected chi connectivity index (χ2v) is 5.72. The maximum atomic E-state index is 6.21. The van der Waals surface area contributed by atoms with Crippen molar-refractivity contribution in [1.82, 2.24) is 15.2 Å². The number of nitrogens with zero attached hydrogens (tertiary/aromatic N) is 3. The Balaban J connectivity index is 2.91. The number of rotatable bonds is 8. The van der Waals surface area contributed by atoms with Crippen LogP contribution in [0.1, 0.15) is 26.3 Å². The molecule has 1 aromatic heterocycles. The molecule has 1 N–H and O–H groups in total. The first kappa shape index (κ1) is 17.2. The summed E-state index contributed by atoms with van der Waals surface area (Å²) in [5, 5.41) is 4.04. The van der Waals surface area contributed by atoms with Gasteiger partial charge in [0.2, 0.25) is 0 Å². The molecule has 1 rings (SSSR count). The van der Waals surface area contributed by atoms with E-state index in [4.69, 9.17) is 11.6 Å². The molecule has 0 saturated carbocycles. The molecule has 1 unspecified atom stereocenters. The van der Waals surface area contributed by atoms with Crippen molar-refractivity contribution in [3.05, 3.63) is 22.8 Å². The van der Waals surface area contributed by atoms with E-state index in [0.29, 0.717) is 6.04 Å². The average Bonchev–Trinajstić information content (AvgIpc) is 2.39. The van der Waals surface area contributed by atoms with E-state index < -0.39 is 0 Å². The number of nitrogens with one attached hydrogen (secondary N) is 1. The minimum Gasteiger partial charge on any atom is -0.353 e. The molecule has 20 heavy (non-hydrogen) atoms. The largest absolute Gasteiger partial charge is 0.353 e. The lowest BCUT2D eigenvalue weighted by Crippen LogP contribution is -2.40. The summed E-state index contributed by atoms with van der Waals surface area (Å²) in [6, 6.07) is 2.51. The molecule has 0 fully saturated rings. The standard InChI is InChI=1S/C15H27ClN4/c1-6-17-9-13-8-15(18-10-14(13)16)20(7-2)12(3)11-19(4)5/h8,10,12,17H,6-7,9,11H2,1-5H3. The van der Waals surface area contributed by atoms with Gasteiger partial charge in [0, 0.05) is 31.9 Å². The van der Waals surface area contributed by atoms with Crippen molar-refractivity contribution in [2.24, 2.45) is 0 Å². The maximum absolute atomic E-state index is 6.21. The van der Waals surface area contributed by atoms with Crippen LogP contribution in [0.15, 0.2) is 12.3 Å². The molecule has 0 spiro atoms. The van der Waals surface area contributed by atoms with E-state index in [-0.39, 0.29) is 0 Å². The molecule has 1 heterocycles. The van der Waals surface area contributed by atoms with E-state index in [2.05, 4.69) is 61.0 Å². The van der Waals surface area contributed by atoms with Crippen LogP contribution in [0, 0.1) is 0 Å². The van der Waals surface area contributed by atoms with Gasteiger partial charge >= 0.3 is 0 Å². The van der Waals surface area contributed by atoms with E-state index in [1.54, 1.807) is 6.20 Å². The Bertz CT molecular complexity index is 409. The van der Waals surface area contributed by atoms with Crippen LogP contribution in [-0.2, 0) is 6.54 Å². The first-order chi connectivity index (χ1) is 9.49. The molecule has 0 amide bonds. The molecule has 1 aromatic rings. The van der Waals surface area contributed by atoms with Crippen molar-refractivity contribution in [1.29, 1.82) is 0 Å². The summed E-state index contributed by atoms with van der Waals surface area (Å²) >= 11 is 6.21. The normalized spacial score (nSPS) is 12.8. The third kappa shape index (κ3) is 4.93. The van der Waals surface area contributed by atoms with Gasteiger partial charge in [-0.25, -0.2) is 4.98 Å². The highest BCUT2D eigenvalue weighted by atomic mass is 35.5. The number of pyridine rings is 1. The number of anilines is 1. The van der Waals surface area contributed by atoms with Crippen LogP contribution in [0.25, 0.3) is 0 Å². The Morgan fingerprint density at radius 2 is 2.05 bits per heavy atom. The van der Waals surface area contributed by atoms with Crippen LogP contribution in [0.2, 0.25) is 5.02 Å². The van der Waals surface area contributed by atoms with Gasteiger partial charge in [-0.3, -0.25) is 0 Å². The quantitative estimate of drug-likeness (QED) is 0.799. The summed E-state index contributed by atoms with van der Waals surface area (Å²) in [4.78, 5) is 9.00. The molecule has 0 bridgehead atoms. The molecule has 0 radical (unpaired) electrons. The van der Waals surface area contributed by atoms with Crippen LogP contribution < -0.4 is 10.2 Å². The summed E-state index contributed by atoms with van der Waals surface area (Å²) in [6.45, 7) is 10.1. The summed E-state index contributed by atoms with van der Waals surface area (Å²) in [5.74, 6) is 0.999. The molecule has 0 aromatic carbocycles. The molecule has 5 heteroatoms. The lowest BCUT2D eigenvalue weighted by atomic mass is 10.2. The fourth-order valence-corrected chi connectivity index (χ4v) is 2.52. The number of halogens is 1. The third-order valence-corrected chi connectivity index (χ3v) is 3.62. The molecule has 0 aliphatic heterocycles. The summed E-state index contributed by atoms with van der Waals surface area (Å²) in [5.41, 5.74) is 1.11. The number of hydrogen-bond donors (Lipinski definition) is 1. The van der Waals surface area contributed by atoms with Gasteiger partial charge in [0.25, 0.3) is 0 Å². The van der Waals surface area contributed by atoms with Crippen molar-refractivity contribution < 1.29 is 0 Å². The second kappa shape index (κ2) is 8.45. The summed E-state index contributed by atoms with van der Waals surface area (Å²) < 4.78 is 0. The highest BCUT2D eigenvalue weighted by molar-refractivity contribution is 6.31. The van der Waals surface area contributed by atoms with Crippen molar-refractivity contribution in [2.75, 3.05) is 38.6 Å². The van der Waals surface area contributed by atoms with Gasteiger partial charge in [0.1, 0.15) is 5.82 Å². The second-order valence-electron chi connectivity index (χ2n) is 5.31. The van der Waals surface area contributed by atoms with Gasteiger partial charge in [-0.1, -0.05) is 18.5 Å². The maximum Gasteiger partial charge on any atom is 0.129 e. The topological polar surface area (TPSA) is 31.4 Å². The highest BCUT2D eigenvalue weighted by Crippen LogP contribution is 2.22. The smallest absolute Gasteiger partial charge is 0.129 e. The van der Waals surface area contributed by atoms with Crippen LogP contribution in [0.5, 0.6) is 0 Å². The Hall–Kier alpha value is -0.840. The van der Waals surface area contributed by atoms with Crippen molar-refractivity contribution in [2.45, 2.75) is 33.4 Å². The highest BCUT2D eigenvalue weighted by Gasteiger charge is 2.16. The number of aromatic nitrogens is 1. The Labute approximate surface area is 128 Å². The van der Waals surface area contributed by atoms with Crippen LogP contribution in [0.4, 0.5) is 5.82 Å². The fraction of sp³-hybridized carbons (Fsp3) is 0.667. The predicted octanol–water partition coefficient (Wildman–Crippen LogP) is 2.62. The lowest BCUT2D eigenvalue weighted by molar-refractivity contribution is 0.372. The average molecular weight is 299 g/mol. The molecule has 0 aliphatic rings. The van der Waals surface area contributed by atoms with Crippen molar-refractivity contribution >= 4 is 17.4 Å². The Morgan fingerprint density at radius 3 is 2.60 bits per heavy atom. The van der Waals surface area contributed by atoms with Crippen LogP contribution >= 0.6 is 11.6 Å². The molecule has 0 aliphatic carbocycles. The molecule has 114 valence electrons. The SMILES string of the molecule is CCNCc1cc(N(CC)C(C)CN(C)C)ncc1Cl. The van der Waals surface area contributed by atoms with Gasteiger partial charge < -0.3 is 15.1 Å². The van der Waals surface area contributed by atoms with Gasteiger partial charge in [-0.05, 0) is 46.1 Å². The number of hydrogen-bond acceptors (Lipinski definition) is 4. The van der Waals surface area contributed by atoms with Crippen LogP contribution in [0.3, 0.4) is 0 Å². The summed E-state index contributed by atoms with van der Waals surface area (Å²) in [7, 11) is 4.19. The lowest BCUT2D eigenvalue weighted by Gasteiger charge is -2.31. The summed E-state index contributed by atoms with van der Waals surface area (Å²) in [6.07, 6.45) is 1.76. The molecular weight excluding hydrogens is 272 g/mol. The zero-order valence-corrected chi connectivity index (χ0v) is 14.0. The minimum absolute atomic E-state index is 0.413. The Kier molecular flexibility index (Phi) is 7.27. The van der Waals surface area contributed by atoms with E-state index >= 15 is 0 Å². The molecular formula is C15H27ClN4. The first-order valence-electron chi connectivity index (χ1n) is 7.26. The third-order valence-electron chi connectivity index (χ3n) is 3.28. The van der Waals surface area contributed by atoms with Gasteiger partial charge in [-0.15, -0.1) is 0 Å². The van der Waals surface area contributed by atoms with E-state index in [1.807, 2.05) is 0 Å². The zero-order chi connectivity index (χ0) is 15.1. The zero-order valence-electron chi connectivity index (χ0n) is 13.3. The first-order valence-corrected chi connectivity index (χ1v) is 7.63. The predicted molar refractivity (Wildman–Crippen MR) is 87.7 cm³/mol. The van der Waals surface area contributed by atoms with Gasteiger partial charge in [-0.2, -0.15) is 0 Å². The Morgan fingerprint density at radius 1 is 1.35 bits per heavy atom. The molecule has 1 atom stereocenters. The van der Waals surface area contributed by atoms with E-state index in [0.717, 1.165) is 42.6 Å². The molecule has 4 nitrogen and oxygen atoms in total.